The molecular formula is C14H13Cl2NO3S. The summed E-state index contributed by atoms with van der Waals surface area (Å²) in [5, 5.41) is 9.76. The molecule has 0 bridgehead atoms. The standard InChI is InChI=1S/C14H13Cl2NO3S/c1-9-2-3-10(8-18)6-14(9)21(19,20)17-13-5-4-11(15)7-12(13)16/h2-7,17-18H,8H2,1H3. The molecule has 0 saturated heterocycles. The van der Waals surface area contributed by atoms with Crippen LogP contribution < -0.4 is 4.72 Å². The van der Waals surface area contributed by atoms with Crippen molar-refractivity contribution in [2.75, 3.05) is 4.72 Å². The van der Waals surface area contributed by atoms with E-state index in [9.17, 15) is 8.42 Å². The molecule has 0 unspecified atom stereocenters. The normalized spacial score (nSPS) is 11.4. The number of benzene rings is 2. The van der Waals surface area contributed by atoms with Gasteiger partial charge in [0.05, 0.1) is 22.2 Å². The first-order valence-electron chi connectivity index (χ1n) is 6.02. The first-order chi connectivity index (χ1) is 9.83. The van der Waals surface area contributed by atoms with E-state index in [1.54, 1.807) is 25.1 Å². The number of nitrogens with one attached hydrogen (secondary N) is 1. The molecule has 0 aromatic heterocycles. The van der Waals surface area contributed by atoms with Crippen LogP contribution in [0.1, 0.15) is 11.1 Å². The minimum absolute atomic E-state index is 0.0973. The number of hydrogen-bond acceptors (Lipinski definition) is 3. The third-order valence-corrected chi connectivity index (χ3v) is 4.96. The van der Waals surface area contributed by atoms with E-state index in [1.165, 1.54) is 18.2 Å². The minimum Gasteiger partial charge on any atom is -0.392 e. The molecule has 0 amide bonds. The lowest BCUT2D eigenvalue weighted by Crippen LogP contribution is -2.15. The minimum atomic E-state index is -3.80. The van der Waals surface area contributed by atoms with Crippen molar-refractivity contribution in [2.45, 2.75) is 18.4 Å². The molecule has 0 radical (unpaired) electrons. The van der Waals surface area contributed by atoms with Gasteiger partial charge >= 0.3 is 0 Å². The largest absolute Gasteiger partial charge is 0.392 e. The van der Waals surface area contributed by atoms with E-state index < -0.39 is 10.0 Å². The molecule has 0 spiro atoms. The highest BCUT2D eigenvalue weighted by molar-refractivity contribution is 7.92. The molecule has 7 heteroatoms. The molecule has 21 heavy (non-hydrogen) atoms. The van der Waals surface area contributed by atoms with Crippen LogP contribution in [-0.2, 0) is 16.6 Å². The zero-order valence-corrected chi connectivity index (χ0v) is 13.4. The van der Waals surface area contributed by atoms with Gasteiger partial charge in [-0.2, -0.15) is 0 Å². The molecular weight excluding hydrogens is 333 g/mol. The Morgan fingerprint density at radius 3 is 2.48 bits per heavy atom. The zero-order chi connectivity index (χ0) is 15.6. The lowest BCUT2D eigenvalue weighted by Gasteiger charge is -2.12. The monoisotopic (exact) mass is 345 g/mol. The highest BCUT2D eigenvalue weighted by Gasteiger charge is 2.18. The SMILES string of the molecule is Cc1ccc(CO)cc1S(=O)(=O)Nc1ccc(Cl)cc1Cl. The second kappa shape index (κ2) is 6.23. The Hall–Kier alpha value is -1.27. The van der Waals surface area contributed by atoms with E-state index in [4.69, 9.17) is 28.3 Å². The highest BCUT2D eigenvalue weighted by atomic mass is 35.5. The topological polar surface area (TPSA) is 66.4 Å². The molecule has 0 saturated carbocycles. The summed E-state index contributed by atoms with van der Waals surface area (Å²) in [6, 6.07) is 9.24. The number of sulfonamides is 1. The first kappa shape index (κ1) is 16.1. The number of anilines is 1. The molecule has 2 N–H and O–H groups in total. The second-order valence-corrected chi connectivity index (χ2v) is 6.98. The van der Waals surface area contributed by atoms with Crippen molar-refractivity contribution in [3.05, 3.63) is 57.6 Å². The average Bonchev–Trinajstić information content (AvgIpc) is 2.42. The van der Waals surface area contributed by atoms with Gasteiger partial charge in [0.2, 0.25) is 0 Å². The summed E-state index contributed by atoms with van der Waals surface area (Å²) < 4.78 is 27.3. The summed E-state index contributed by atoms with van der Waals surface area (Å²) in [4.78, 5) is 0.0973. The molecule has 0 fully saturated rings. The molecule has 2 rings (SSSR count). The van der Waals surface area contributed by atoms with Crippen molar-refractivity contribution in [3.8, 4) is 0 Å². The van der Waals surface area contributed by atoms with Gasteiger partial charge in [0.15, 0.2) is 0 Å². The third kappa shape index (κ3) is 3.68. The van der Waals surface area contributed by atoms with E-state index in [0.29, 0.717) is 16.1 Å². The maximum Gasteiger partial charge on any atom is 0.262 e. The van der Waals surface area contributed by atoms with Crippen LogP contribution in [0, 0.1) is 6.92 Å². The molecule has 112 valence electrons. The Bertz CT molecular complexity index is 776. The number of halogens is 2. The van der Waals surface area contributed by atoms with Crippen molar-refractivity contribution in [1.82, 2.24) is 0 Å². The van der Waals surface area contributed by atoms with Gasteiger partial charge in [-0.25, -0.2) is 8.42 Å². The first-order valence-corrected chi connectivity index (χ1v) is 8.25. The van der Waals surface area contributed by atoms with Crippen LogP contribution >= 0.6 is 23.2 Å². The smallest absolute Gasteiger partial charge is 0.262 e. The number of aliphatic hydroxyl groups is 1. The molecule has 0 aliphatic heterocycles. The van der Waals surface area contributed by atoms with Crippen LogP contribution in [0.25, 0.3) is 0 Å². The lowest BCUT2D eigenvalue weighted by molar-refractivity contribution is 0.281. The predicted octanol–water partition coefficient (Wildman–Crippen LogP) is 3.59. The fourth-order valence-corrected chi connectivity index (χ4v) is 3.69. The highest BCUT2D eigenvalue weighted by Crippen LogP contribution is 2.28. The van der Waals surface area contributed by atoms with E-state index in [-0.39, 0.29) is 22.2 Å². The van der Waals surface area contributed by atoms with Gasteiger partial charge in [0.25, 0.3) is 10.0 Å². The van der Waals surface area contributed by atoms with Gasteiger partial charge in [0.1, 0.15) is 0 Å². The summed E-state index contributed by atoms with van der Waals surface area (Å²) in [6.07, 6.45) is 0. The van der Waals surface area contributed by atoms with E-state index in [0.717, 1.165) is 0 Å². The zero-order valence-electron chi connectivity index (χ0n) is 11.1. The summed E-state index contributed by atoms with van der Waals surface area (Å²) in [7, 11) is -3.80. The average molecular weight is 346 g/mol. The predicted molar refractivity (Wildman–Crippen MR) is 84.4 cm³/mol. The van der Waals surface area contributed by atoms with Crippen LogP contribution in [0.15, 0.2) is 41.3 Å². The quantitative estimate of drug-likeness (QED) is 0.889. The Labute approximate surface area is 133 Å². The van der Waals surface area contributed by atoms with Crippen molar-refractivity contribution in [1.29, 1.82) is 0 Å². The number of aryl methyl sites for hydroxylation is 1. The van der Waals surface area contributed by atoms with Crippen LogP contribution in [0.5, 0.6) is 0 Å². The second-order valence-electron chi connectivity index (χ2n) is 4.49. The van der Waals surface area contributed by atoms with Gasteiger partial charge in [-0.15, -0.1) is 0 Å². The summed E-state index contributed by atoms with van der Waals surface area (Å²) in [6.45, 7) is 1.45. The van der Waals surface area contributed by atoms with Gasteiger partial charge in [-0.05, 0) is 42.3 Å². The van der Waals surface area contributed by atoms with Crippen LogP contribution in [0.2, 0.25) is 10.0 Å². The van der Waals surface area contributed by atoms with E-state index >= 15 is 0 Å². The summed E-state index contributed by atoms with van der Waals surface area (Å²) >= 11 is 11.8. The Balaban J connectivity index is 2.43. The number of rotatable bonds is 4. The van der Waals surface area contributed by atoms with Crippen molar-refractivity contribution in [2.24, 2.45) is 0 Å². The van der Waals surface area contributed by atoms with Crippen molar-refractivity contribution < 1.29 is 13.5 Å². The van der Waals surface area contributed by atoms with E-state index in [2.05, 4.69) is 4.72 Å². The third-order valence-electron chi connectivity index (χ3n) is 2.90. The molecule has 2 aromatic rings. The molecule has 0 heterocycles. The molecule has 0 atom stereocenters. The van der Waals surface area contributed by atoms with Crippen LogP contribution in [0.4, 0.5) is 5.69 Å². The molecule has 0 aliphatic rings. The number of hydrogen-bond donors (Lipinski definition) is 2. The Kier molecular flexibility index (Phi) is 4.78. The maximum atomic E-state index is 12.4. The van der Waals surface area contributed by atoms with Gasteiger partial charge in [-0.3, -0.25) is 4.72 Å². The molecule has 4 nitrogen and oxygen atoms in total. The van der Waals surface area contributed by atoms with Gasteiger partial charge < -0.3 is 5.11 Å². The lowest BCUT2D eigenvalue weighted by atomic mass is 10.2. The Morgan fingerprint density at radius 1 is 1.14 bits per heavy atom. The van der Waals surface area contributed by atoms with Gasteiger partial charge in [-0.1, -0.05) is 35.3 Å². The fourth-order valence-electron chi connectivity index (χ4n) is 1.80. The van der Waals surface area contributed by atoms with Crippen LogP contribution in [-0.4, -0.2) is 13.5 Å². The molecule has 0 aliphatic carbocycles. The van der Waals surface area contributed by atoms with E-state index in [1.807, 2.05) is 0 Å². The molecule has 2 aromatic carbocycles. The summed E-state index contributed by atoms with van der Waals surface area (Å²) in [5.41, 5.74) is 1.34. The summed E-state index contributed by atoms with van der Waals surface area (Å²) in [5.74, 6) is 0. The number of aliphatic hydroxyl groups excluding tert-OH is 1. The maximum absolute atomic E-state index is 12.4. The van der Waals surface area contributed by atoms with Gasteiger partial charge in [0, 0.05) is 5.02 Å². The van der Waals surface area contributed by atoms with Crippen molar-refractivity contribution in [3.63, 3.8) is 0 Å². The fraction of sp³-hybridized carbons (Fsp3) is 0.143. The Morgan fingerprint density at radius 2 is 1.86 bits per heavy atom. The van der Waals surface area contributed by atoms with Crippen molar-refractivity contribution >= 4 is 38.9 Å². The van der Waals surface area contributed by atoms with Crippen LogP contribution in [0.3, 0.4) is 0 Å².